The first-order valence-electron chi connectivity index (χ1n) is 5.21. The van der Waals surface area contributed by atoms with Crippen molar-refractivity contribution in [3.63, 3.8) is 0 Å². The van der Waals surface area contributed by atoms with Crippen molar-refractivity contribution in [2.45, 2.75) is 38.3 Å². The van der Waals surface area contributed by atoms with Gasteiger partial charge in [-0.2, -0.15) is 0 Å². The quantitative estimate of drug-likeness (QED) is 0.638. The van der Waals surface area contributed by atoms with Crippen LogP contribution in [0.25, 0.3) is 0 Å². The molecule has 78 valence electrons. The average molecular weight is 193 g/mol. The van der Waals surface area contributed by atoms with Crippen LogP contribution in [0.5, 0.6) is 0 Å². The van der Waals surface area contributed by atoms with Crippen LogP contribution in [0.2, 0.25) is 0 Å². The number of hydrogen-bond acceptors (Lipinski definition) is 2. The van der Waals surface area contributed by atoms with Gasteiger partial charge in [0, 0.05) is 19.0 Å². The van der Waals surface area contributed by atoms with Gasteiger partial charge in [0.1, 0.15) is 5.78 Å². The summed E-state index contributed by atoms with van der Waals surface area (Å²) in [4.78, 5) is 13.9. The van der Waals surface area contributed by atoms with E-state index < -0.39 is 0 Å². The van der Waals surface area contributed by atoms with Gasteiger partial charge in [-0.25, -0.2) is 0 Å². The fourth-order valence-electron chi connectivity index (χ4n) is 2.06. The van der Waals surface area contributed by atoms with Crippen molar-refractivity contribution in [3.05, 3.63) is 25.3 Å². The van der Waals surface area contributed by atoms with Crippen LogP contribution < -0.4 is 0 Å². The monoisotopic (exact) mass is 193 g/mol. The normalized spacial score (nSPS) is 28.8. The van der Waals surface area contributed by atoms with Crippen LogP contribution in [0.3, 0.4) is 0 Å². The number of hydrogen-bond donors (Lipinski definition) is 0. The van der Waals surface area contributed by atoms with Crippen molar-refractivity contribution in [2.75, 3.05) is 6.54 Å². The minimum absolute atomic E-state index is 0.0363. The second-order valence-electron chi connectivity index (χ2n) is 3.88. The molecule has 2 nitrogen and oxygen atoms in total. The maximum absolute atomic E-state index is 11.7. The van der Waals surface area contributed by atoms with Crippen LogP contribution in [0.1, 0.15) is 26.2 Å². The summed E-state index contributed by atoms with van der Waals surface area (Å²) >= 11 is 0. The lowest BCUT2D eigenvalue weighted by atomic mass is 9.93. The summed E-state index contributed by atoms with van der Waals surface area (Å²) < 4.78 is 0. The third kappa shape index (κ3) is 2.32. The first-order valence-corrected chi connectivity index (χ1v) is 5.21. The molecular weight excluding hydrogens is 174 g/mol. The van der Waals surface area contributed by atoms with Gasteiger partial charge in [-0.15, -0.1) is 13.2 Å². The highest BCUT2D eigenvalue weighted by Crippen LogP contribution is 2.22. The SMILES string of the molecule is C=CC[C@H]1C(=O)CC[C@H](C)N1CC=C. The number of carbonyl (C=O) groups is 1. The standard InChI is InChI=1S/C12H19NO/c1-4-6-11-12(14)8-7-10(3)13(11)9-5-2/h4-5,10-11H,1-2,6-9H2,3H3/t10-,11-/m0/s1. The maximum atomic E-state index is 11.7. The third-order valence-corrected chi connectivity index (χ3v) is 2.88. The Labute approximate surface area is 86.3 Å². The second-order valence-corrected chi connectivity index (χ2v) is 3.88. The molecule has 0 unspecified atom stereocenters. The number of rotatable bonds is 4. The Hall–Kier alpha value is -0.890. The number of carbonyl (C=O) groups excluding carboxylic acids is 1. The van der Waals surface area contributed by atoms with Crippen molar-refractivity contribution >= 4 is 5.78 Å². The van der Waals surface area contributed by atoms with Crippen LogP contribution >= 0.6 is 0 Å². The Morgan fingerprint density at radius 1 is 1.50 bits per heavy atom. The molecule has 0 saturated carbocycles. The summed E-state index contributed by atoms with van der Waals surface area (Å²) in [6.45, 7) is 10.4. The van der Waals surface area contributed by atoms with Crippen LogP contribution in [0.15, 0.2) is 25.3 Å². The molecule has 0 aromatic heterocycles. The van der Waals surface area contributed by atoms with Crippen LogP contribution in [-0.2, 0) is 4.79 Å². The summed E-state index contributed by atoms with van der Waals surface area (Å²) in [6.07, 6.45) is 6.15. The highest BCUT2D eigenvalue weighted by Gasteiger charge is 2.31. The van der Waals surface area contributed by atoms with E-state index >= 15 is 0 Å². The van der Waals surface area contributed by atoms with E-state index in [0.717, 1.165) is 19.4 Å². The molecule has 1 fully saturated rings. The molecule has 1 heterocycles. The molecule has 1 aliphatic rings. The molecule has 14 heavy (non-hydrogen) atoms. The van der Waals surface area contributed by atoms with E-state index in [4.69, 9.17) is 0 Å². The minimum Gasteiger partial charge on any atom is -0.298 e. The topological polar surface area (TPSA) is 20.3 Å². The van der Waals surface area contributed by atoms with E-state index in [1.807, 2.05) is 12.2 Å². The van der Waals surface area contributed by atoms with Crippen molar-refractivity contribution in [2.24, 2.45) is 0 Å². The molecule has 0 amide bonds. The molecule has 0 aliphatic carbocycles. The van der Waals surface area contributed by atoms with Gasteiger partial charge in [-0.05, 0) is 19.8 Å². The Kier molecular flexibility index (Phi) is 4.08. The zero-order chi connectivity index (χ0) is 10.6. The van der Waals surface area contributed by atoms with E-state index in [9.17, 15) is 4.79 Å². The molecule has 1 aliphatic heterocycles. The lowest BCUT2D eigenvalue weighted by Crippen LogP contribution is -2.50. The van der Waals surface area contributed by atoms with Gasteiger partial charge in [-0.3, -0.25) is 9.69 Å². The Bertz CT molecular complexity index is 234. The van der Waals surface area contributed by atoms with Crippen LogP contribution in [0.4, 0.5) is 0 Å². The second kappa shape index (κ2) is 5.11. The first-order chi connectivity index (χ1) is 6.70. The Balaban J connectivity index is 2.74. The minimum atomic E-state index is 0.0363. The fraction of sp³-hybridized carbons (Fsp3) is 0.583. The summed E-state index contributed by atoms with van der Waals surface area (Å²) in [6, 6.07) is 0.518. The molecule has 0 spiro atoms. The third-order valence-electron chi connectivity index (χ3n) is 2.88. The van der Waals surface area contributed by atoms with E-state index in [1.165, 1.54) is 0 Å². The molecule has 0 aromatic rings. The van der Waals surface area contributed by atoms with Crippen molar-refractivity contribution in [1.29, 1.82) is 0 Å². The summed E-state index contributed by atoms with van der Waals surface area (Å²) in [7, 11) is 0. The highest BCUT2D eigenvalue weighted by atomic mass is 16.1. The Morgan fingerprint density at radius 3 is 2.79 bits per heavy atom. The largest absolute Gasteiger partial charge is 0.298 e. The average Bonchev–Trinajstić information content (AvgIpc) is 2.17. The zero-order valence-corrected chi connectivity index (χ0v) is 8.91. The predicted octanol–water partition coefficient (Wildman–Crippen LogP) is 2.17. The predicted molar refractivity (Wildman–Crippen MR) is 59.2 cm³/mol. The molecule has 2 heteroatoms. The highest BCUT2D eigenvalue weighted by molar-refractivity contribution is 5.85. The molecule has 0 radical (unpaired) electrons. The van der Waals surface area contributed by atoms with Gasteiger partial charge < -0.3 is 0 Å². The maximum Gasteiger partial charge on any atom is 0.150 e. The lowest BCUT2D eigenvalue weighted by Gasteiger charge is -2.38. The first kappa shape index (κ1) is 11.2. The van der Waals surface area contributed by atoms with Crippen LogP contribution in [0, 0.1) is 0 Å². The van der Waals surface area contributed by atoms with Gasteiger partial charge in [0.05, 0.1) is 6.04 Å². The number of nitrogens with zero attached hydrogens (tertiary/aromatic N) is 1. The van der Waals surface area contributed by atoms with Crippen molar-refractivity contribution in [3.8, 4) is 0 Å². The molecule has 0 bridgehead atoms. The number of piperidine rings is 1. The van der Waals surface area contributed by atoms with E-state index in [2.05, 4.69) is 25.0 Å². The molecule has 0 N–H and O–H groups in total. The number of likely N-dealkylation sites (tertiary alicyclic amines) is 1. The van der Waals surface area contributed by atoms with Crippen LogP contribution in [-0.4, -0.2) is 29.3 Å². The summed E-state index contributed by atoms with van der Waals surface area (Å²) in [5.74, 6) is 0.352. The van der Waals surface area contributed by atoms with Gasteiger partial charge in [-0.1, -0.05) is 12.2 Å². The molecule has 2 atom stereocenters. The van der Waals surface area contributed by atoms with Crippen molar-refractivity contribution in [1.82, 2.24) is 4.90 Å². The Morgan fingerprint density at radius 2 is 2.21 bits per heavy atom. The van der Waals surface area contributed by atoms with Crippen molar-refractivity contribution < 1.29 is 4.79 Å². The molecule has 1 saturated heterocycles. The van der Waals surface area contributed by atoms with Gasteiger partial charge >= 0.3 is 0 Å². The van der Waals surface area contributed by atoms with Gasteiger partial charge in [0.25, 0.3) is 0 Å². The fourth-order valence-corrected chi connectivity index (χ4v) is 2.06. The smallest absolute Gasteiger partial charge is 0.150 e. The number of Topliss-reactive ketones (excluding diaryl/α,β-unsaturated/α-hetero) is 1. The molecular formula is C12H19NO. The van der Waals surface area contributed by atoms with E-state index in [1.54, 1.807) is 0 Å². The zero-order valence-electron chi connectivity index (χ0n) is 8.91. The van der Waals surface area contributed by atoms with E-state index in [-0.39, 0.29) is 6.04 Å². The number of ketones is 1. The van der Waals surface area contributed by atoms with Gasteiger partial charge in [0.15, 0.2) is 0 Å². The summed E-state index contributed by atoms with van der Waals surface area (Å²) in [5.41, 5.74) is 0. The molecule has 1 rings (SSSR count). The van der Waals surface area contributed by atoms with Gasteiger partial charge in [0.2, 0.25) is 0 Å². The lowest BCUT2D eigenvalue weighted by molar-refractivity contribution is -0.128. The summed E-state index contributed by atoms with van der Waals surface area (Å²) in [5, 5.41) is 0. The molecule has 0 aromatic carbocycles. The van der Waals surface area contributed by atoms with E-state index in [0.29, 0.717) is 18.2 Å².